The molecule has 1 amide bonds. The van der Waals surface area contributed by atoms with Gasteiger partial charge in [0.05, 0.1) is 5.41 Å². The third kappa shape index (κ3) is 6.45. The highest BCUT2D eigenvalue weighted by atomic mass is 35.5. The Bertz CT molecular complexity index is 486. The van der Waals surface area contributed by atoms with Crippen LogP contribution in [0.4, 0.5) is 0 Å². The number of carbonyl (C=O) groups excluding carboxylic acids is 1. The molecule has 25 heavy (non-hydrogen) atoms. The predicted molar refractivity (Wildman–Crippen MR) is 109 cm³/mol. The smallest absolute Gasteiger partial charge is 0.227 e. The van der Waals surface area contributed by atoms with Gasteiger partial charge >= 0.3 is 0 Å². The number of halogens is 2. The van der Waals surface area contributed by atoms with Gasteiger partial charge in [-0.15, -0.1) is 24.8 Å². The number of nitrogens with one attached hydrogen (secondary N) is 1. The number of nitrogens with two attached hydrogens (primary N) is 1. The van der Waals surface area contributed by atoms with Crippen molar-refractivity contribution in [3.05, 3.63) is 35.9 Å². The van der Waals surface area contributed by atoms with Gasteiger partial charge in [-0.2, -0.15) is 0 Å². The summed E-state index contributed by atoms with van der Waals surface area (Å²) in [5.41, 5.74) is 6.82. The Morgan fingerprint density at radius 3 is 2.44 bits per heavy atom. The molecule has 2 rings (SSSR count). The van der Waals surface area contributed by atoms with Crippen LogP contribution in [0.15, 0.2) is 30.3 Å². The van der Waals surface area contributed by atoms with Crippen molar-refractivity contribution in [1.29, 1.82) is 0 Å². The van der Waals surface area contributed by atoms with Gasteiger partial charge in [-0.25, -0.2) is 0 Å². The summed E-state index contributed by atoms with van der Waals surface area (Å²) in [4.78, 5) is 15.1. The Kier molecular flexibility index (Phi) is 11.4. The first-order valence-electron chi connectivity index (χ1n) is 8.91. The maximum Gasteiger partial charge on any atom is 0.227 e. The van der Waals surface area contributed by atoms with Crippen molar-refractivity contribution in [2.75, 3.05) is 19.6 Å². The van der Waals surface area contributed by atoms with Crippen LogP contribution >= 0.6 is 24.8 Å². The summed E-state index contributed by atoms with van der Waals surface area (Å²) in [6, 6.07) is 10.8. The fourth-order valence-corrected chi connectivity index (χ4v) is 3.45. The molecule has 1 saturated heterocycles. The average Bonchev–Trinajstić information content (AvgIpc) is 2.58. The number of likely N-dealkylation sites (tertiary alicyclic amines) is 1. The van der Waals surface area contributed by atoms with E-state index in [9.17, 15) is 4.79 Å². The van der Waals surface area contributed by atoms with Gasteiger partial charge in [0, 0.05) is 25.7 Å². The maximum absolute atomic E-state index is 12.7. The topological polar surface area (TPSA) is 58.4 Å². The van der Waals surface area contributed by atoms with Gasteiger partial charge in [0.1, 0.15) is 0 Å². The summed E-state index contributed by atoms with van der Waals surface area (Å²) in [6.45, 7) is 7.51. The molecule has 1 atom stereocenters. The van der Waals surface area contributed by atoms with E-state index in [4.69, 9.17) is 5.73 Å². The molecule has 0 aliphatic carbocycles. The van der Waals surface area contributed by atoms with Crippen LogP contribution in [-0.4, -0.2) is 36.5 Å². The standard InChI is InChI=1S/C19H31N3O.2ClH/c1-3-19(4-2,15-20)18(23)21-17-11-8-12-22(14-17)13-16-9-6-5-7-10-16;;/h5-7,9-10,17H,3-4,8,11-15,20H2,1-2H3,(H,21,23);2*1H. The molecule has 4 nitrogen and oxygen atoms in total. The van der Waals surface area contributed by atoms with Gasteiger partial charge in [-0.05, 0) is 37.8 Å². The number of benzene rings is 1. The Balaban J connectivity index is 0.00000288. The first kappa shape index (κ1) is 24.2. The summed E-state index contributed by atoms with van der Waals surface area (Å²) >= 11 is 0. The maximum atomic E-state index is 12.7. The predicted octanol–water partition coefficient (Wildman–Crippen LogP) is 3.38. The van der Waals surface area contributed by atoms with Crippen LogP contribution in [0.3, 0.4) is 0 Å². The molecule has 1 aliphatic heterocycles. The molecule has 0 saturated carbocycles. The lowest BCUT2D eigenvalue weighted by atomic mass is 9.81. The van der Waals surface area contributed by atoms with Crippen LogP contribution in [0.5, 0.6) is 0 Å². The number of amides is 1. The number of rotatable bonds is 7. The molecule has 6 heteroatoms. The Labute approximate surface area is 164 Å². The number of nitrogens with zero attached hydrogens (tertiary/aromatic N) is 1. The van der Waals surface area contributed by atoms with E-state index in [1.54, 1.807) is 0 Å². The quantitative estimate of drug-likeness (QED) is 0.751. The van der Waals surface area contributed by atoms with Gasteiger partial charge in [0.15, 0.2) is 0 Å². The van der Waals surface area contributed by atoms with Gasteiger partial charge in [-0.3, -0.25) is 9.69 Å². The van der Waals surface area contributed by atoms with Crippen molar-refractivity contribution in [2.24, 2.45) is 11.1 Å². The Morgan fingerprint density at radius 1 is 1.24 bits per heavy atom. The van der Waals surface area contributed by atoms with E-state index in [2.05, 4.69) is 48.3 Å². The van der Waals surface area contributed by atoms with Crippen molar-refractivity contribution >= 4 is 30.7 Å². The first-order chi connectivity index (χ1) is 11.1. The van der Waals surface area contributed by atoms with E-state index >= 15 is 0 Å². The minimum atomic E-state index is -0.401. The second kappa shape index (κ2) is 11.7. The molecule has 1 aromatic rings. The van der Waals surface area contributed by atoms with Crippen molar-refractivity contribution in [2.45, 2.75) is 52.1 Å². The number of hydrogen-bond acceptors (Lipinski definition) is 3. The lowest BCUT2D eigenvalue weighted by Crippen LogP contribution is -2.53. The third-order valence-electron chi connectivity index (χ3n) is 5.32. The van der Waals surface area contributed by atoms with Crippen molar-refractivity contribution in [1.82, 2.24) is 10.2 Å². The summed E-state index contributed by atoms with van der Waals surface area (Å²) in [7, 11) is 0. The fourth-order valence-electron chi connectivity index (χ4n) is 3.45. The zero-order valence-corrected chi connectivity index (χ0v) is 17.0. The molecular weight excluding hydrogens is 357 g/mol. The number of carbonyl (C=O) groups is 1. The zero-order chi connectivity index (χ0) is 16.7. The van der Waals surface area contributed by atoms with Crippen molar-refractivity contribution in [3.63, 3.8) is 0 Å². The second-order valence-electron chi connectivity index (χ2n) is 6.72. The van der Waals surface area contributed by atoms with E-state index < -0.39 is 5.41 Å². The van der Waals surface area contributed by atoms with Gasteiger partial charge < -0.3 is 11.1 Å². The second-order valence-corrected chi connectivity index (χ2v) is 6.72. The Morgan fingerprint density at radius 2 is 1.88 bits per heavy atom. The molecule has 0 aromatic heterocycles. The molecular formula is C19H33Cl2N3O. The molecule has 1 aliphatic rings. The van der Waals surface area contributed by atoms with E-state index in [1.807, 2.05) is 6.07 Å². The highest BCUT2D eigenvalue weighted by Crippen LogP contribution is 2.26. The summed E-state index contributed by atoms with van der Waals surface area (Å²) in [5.74, 6) is 0.136. The summed E-state index contributed by atoms with van der Waals surface area (Å²) in [6.07, 6.45) is 3.79. The minimum absolute atomic E-state index is 0. The van der Waals surface area contributed by atoms with E-state index in [-0.39, 0.29) is 36.8 Å². The summed E-state index contributed by atoms with van der Waals surface area (Å²) < 4.78 is 0. The van der Waals surface area contributed by atoms with Crippen LogP contribution in [0, 0.1) is 5.41 Å². The molecule has 3 N–H and O–H groups in total. The average molecular weight is 390 g/mol. The molecule has 0 spiro atoms. The zero-order valence-electron chi connectivity index (χ0n) is 15.4. The van der Waals surface area contributed by atoms with E-state index in [1.165, 1.54) is 5.56 Å². The molecule has 0 radical (unpaired) electrons. The molecule has 0 bridgehead atoms. The SMILES string of the molecule is CCC(CC)(CN)C(=O)NC1CCCN(Cc2ccccc2)C1.Cl.Cl. The first-order valence-corrected chi connectivity index (χ1v) is 8.91. The van der Waals surface area contributed by atoms with Crippen LogP contribution in [0.1, 0.15) is 45.1 Å². The van der Waals surface area contributed by atoms with Gasteiger partial charge in [-0.1, -0.05) is 44.2 Å². The molecule has 1 aromatic carbocycles. The monoisotopic (exact) mass is 389 g/mol. The summed E-state index contributed by atoms with van der Waals surface area (Å²) in [5, 5.41) is 3.27. The molecule has 1 heterocycles. The lowest BCUT2D eigenvalue weighted by Gasteiger charge is -2.36. The van der Waals surface area contributed by atoms with E-state index in [0.717, 1.165) is 45.3 Å². The third-order valence-corrected chi connectivity index (χ3v) is 5.32. The highest BCUT2D eigenvalue weighted by molar-refractivity contribution is 5.85. The van der Waals surface area contributed by atoms with Crippen LogP contribution in [0.2, 0.25) is 0 Å². The van der Waals surface area contributed by atoms with Gasteiger partial charge in [0.2, 0.25) is 5.91 Å². The minimum Gasteiger partial charge on any atom is -0.352 e. The fraction of sp³-hybridized carbons (Fsp3) is 0.632. The van der Waals surface area contributed by atoms with Crippen molar-refractivity contribution in [3.8, 4) is 0 Å². The molecule has 1 fully saturated rings. The van der Waals surface area contributed by atoms with Crippen LogP contribution < -0.4 is 11.1 Å². The van der Waals surface area contributed by atoms with Crippen LogP contribution in [-0.2, 0) is 11.3 Å². The van der Waals surface area contributed by atoms with Gasteiger partial charge in [0.25, 0.3) is 0 Å². The molecule has 1 unspecified atom stereocenters. The lowest BCUT2D eigenvalue weighted by molar-refractivity contribution is -0.132. The largest absolute Gasteiger partial charge is 0.352 e. The normalized spacial score (nSPS) is 18.0. The molecule has 144 valence electrons. The van der Waals surface area contributed by atoms with E-state index in [0.29, 0.717) is 6.54 Å². The highest BCUT2D eigenvalue weighted by Gasteiger charge is 2.35. The van der Waals surface area contributed by atoms with Crippen LogP contribution in [0.25, 0.3) is 0 Å². The number of piperidine rings is 1. The Hall–Kier alpha value is -0.810. The number of hydrogen-bond donors (Lipinski definition) is 2. The van der Waals surface area contributed by atoms with Crippen molar-refractivity contribution < 1.29 is 4.79 Å².